The van der Waals surface area contributed by atoms with Gasteiger partial charge in [-0.1, -0.05) is 72.8 Å². The van der Waals surface area contributed by atoms with Gasteiger partial charge < -0.3 is 15.3 Å². The Balaban J connectivity index is 1.71. The smallest absolute Gasteiger partial charge is 0.119 e. The standard InChI is InChI=1S/C26H22O3/c27-21-15-11-19(12-16-21)17-18-9-13-20(14-10-18)26(22-5-1-3-7-24(22)28)23-6-2-4-8-25(23)29/h1-16,26-29H,17H2. The fourth-order valence-corrected chi connectivity index (χ4v) is 3.67. The molecule has 0 fully saturated rings. The molecule has 3 heteroatoms. The SMILES string of the molecule is Oc1ccc(Cc2ccc(C(c3ccccc3O)c3ccccc3O)cc2)cc1. The molecular weight excluding hydrogens is 360 g/mol. The normalized spacial score (nSPS) is 10.9. The highest BCUT2D eigenvalue weighted by atomic mass is 16.3. The predicted octanol–water partition coefficient (Wildman–Crippen LogP) is 5.57. The van der Waals surface area contributed by atoms with Crippen molar-refractivity contribution in [2.45, 2.75) is 12.3 Å². The molecule has 0 aliphatic heterocycles. The lowest BCUT2D eigenvalue weighted by atomic mass is 9.83. The molecule has 144 valence electrons. The fraction of sp³-hybridized carbons (Fsp3) is 0.0769. The van der Waals surface area contributed by atoms with Crippen molar-refractivity contribution in [2.24, 2.45) is 0 Å². The first-order chi connectivity index (χ1) is 14.1. The van der Waals surface area contributed by atoms with Crippen molar-refractivity contribution in [3.8, 4) is 17.2 Å². The molecule has 0 bridgehead atoms. The van der Waals surface area contributed by atoms with Gasteiger partial charge in [0.1, 0.15) is 17.2 Å². The van der Waals surface area contributed by atoms with Gasteiger partial charge >= 0.3 is 0 Å². The van der Waals surface area contributed by atoms with Crippen LogP contribution in [-0.2, 0) is 6.42 Å². The first kappa shape index (κ1) is 18.6. The highest BCUT2D eigenvalue weighted by Gasteiger charge is 2.22. The third kappa shape index (κ3) is 4.09. The molecule has 3 nitrogen and oxygen atoms in total. The van der Waals surface area contributed by atoms with Crippen LogP contribution >= 0.6 is 0 Å². The van der Waals surface area contributed by atoms with E-state index in [2.05, 4.69) is 12.1 Å². The lowest BCUT2D eigenvalue weighted by molar-refractivity contribution is 0.458. The lowest BCUT2D eigenvalue weighted by Crippen LogP contribution is -2.04. The van der Waals surface area contributed by atoms with Crippen LogP contribution in [0.25, 0.3) is 0 Å². The summed E-state index contributed by atoms with van der Waals surface area (Å²) in [5.74, 6) is 0.389. The molecule has 0 saturated heterocycles. The molecule has 29 heavy (non-hydrogen) atoms. The number of phenolic OH excluding ortho intramolecular Hbond substituents is 3. The van der Waals surface area contributed by atoms with Gasteiger partial charge in [0.05, 0.1) is 0 Å². The lowest BCUT2D eigenvalue weighted by Gasteiger charge is -2.21. The molecule has 3 N–H and O–H groups in total. The topological polar surface area (TPSA) is 60.7 Å². The van der Waals surface area contributed by atoms with E-state index < -0.39 is 0 Å². The fourth-order valence-electron chi connectivity index (χ4n) is 3.67. The molecule has 0 unspecified atom stereocenters. The summed E-state index contributed by atoms with van der Waals surface area (Å²) in [6, 6.07) is 29.9. The number of para-hydroxylation sites is 2. The molecule has 4 rings (SSSR count). The largest absolute Gasteiger partial charge is 0.508 e. The van der Waals surface area contributed by atoms with Gasteiger partial charge in [0, 0.05) is 17.0 Å². The maximum Gasteiger partial charge on any atom is 0.119 e. The summed E-state index contributed by atoms with van der Waals surface area (Å²) in [5, 5.41) is 30.4. The molecule has 0 aliphatic carbocycles. The summed E-state index contributed by atoms with van der Waals surface area (Å²) in [6.45, 7) is 0. The van der Waals surface area contributed by atoms with Crippen LogP contribution in [0.5, 0.6) is 17.2 Å². The number of rotatable bonds is 5. The number of hydrogen-bond donors (Lipinski definition) is 3. The minimum atomic E-state index is -0.278. The Morgan fingerprint density at radius 1 is 0.517 bits per heavy atom. The average molecular weight is 382 g/mol. The number of phenols is 3. The first-order valence-electron chi connectivity index (χ1n) is 9.54. The number of hydrogen-bond acceptors (Lipinski definition) is 3. The van der Waals surface area contributed by atoms with Crippen LogP contribution in [0.3, 0.4) is 0 Å². The van der Waals surface area contributed by atoms with Crippen molar-refractivity contribution in [3.63, 3.8) is 0 Å². The van der Waals surface area contributed by atoms with Gasteiger partial charge in [0.15, 0.2) is 0 Å². The van der Waals surface area contributed by atoms with E-state index in [9.17, 15) is 15.3 Å². The first-order valence-corrected chi connectivity index (χ1v) is 9.54. The summed E-state index contributed by atoms with van der Waals surface area (Å²) in [5.41, 5.74) is 4.75. The van der Waals surface area contributed by atoms with Crippen LogP contribution in [0.2, 0.25) is 0 Å². The van der Waals surface area contributed by atoms with Crippen molar-refractivity contribution in [3.05, 3.63) is 125 Å². The molecule has 0 spiro atoms. The second kappa shape index (κ2) is 8.11. The highest BCUT2D eigenvalue weighted by molar-refractivity contribution is 5.52. The van der Waals surface area contributed by atoms with Gasteiger partial charge in [-0.15, -0.1) is 0 Å². The van der Waals surface area contributed by atoms with Crippen LogP contribution in [0, 0.1) is 0 Å². The Morgan fingerprint density at radius 2 is 0.966 bits per heavy atom. The van der Waals surface area contributed by atoms with Crippen molar-refractivity contribution in [1.82, 2.24) is 0 Å². The average Bonchev–Trinajstić information content (AvgIpc) is 2.74. The van der Waals surface area contributed by atoms with Gasteiger partial charge in [0.25, 0.3) is 0 Å². The molecular formula is C26H22O3. The molecule has 0 heterocycles. The molecule has 0 aliphatic rings. The van der Waals surface area contributed by atoms with Crippen LogP contribution in [0.1, 0.15) is 33.7 Å². The van der Waals surface area contributed by atoms with Crippen molar-refractivity contribution in [1.29, 1.82) is 0 Å². The minimum absolute atomic E-state index is 0.203. The second-order valence-corrected chi connectivity index (χ2v) is 7.14. The molecule has 0 aromatic heterocycles. The van der Waals surface area contributed by atoms with Crippen molar-refractivity contribution < 1.29 is 15.3 Å². The molecule has 0 amide bonds. The molecule has 0 radical (unpaired) electrons. The van der Waals surface area contributed by atoms with Crippen molar-refractivity contribution in [2.75, 3.05) is 0 Å². The summed E-state index contributed by atoms with van der Waals surface area (Å²) < 4.78 is 0. The third-order valence-corrected chi connectivity index (χ3v) is 5.15. The number of benzene rings is 4. The van der Waals surface area contributed by atoms with E-state index in [1.807, 2.05) is 48.5 Å². The summed E-state index contributed by atoms with van der Waals surface area (Å²) in [6.07, 6.45) is 0.762. The third-order valence-electron chi connectivity index (χ3n) is 5.15. The highest BCUT2D eigenvalue weighted by Crippen LogP contribution is 2.40. The van der Waals surface area contributed by atoms with Gasteiger partial charge in [0.2, 0.25) is 0 Å². The zero-order valence-electron chi connectivity index (χ0n) is 15.9. The maximum absolute atomic E-state index is 10.5. The Morgan fingerprint density at radius 3 is 1.45 bits per heavy atom. The van der Waals surface area contributed by atoms with Crippen LogP contribution < -0.4 is 0 Å². The zero-order chi connectivity index (χ0) is 20.2. The van der Waals surface area contributed by atoms with E-state index >= 15 is 0 Å². The van der Waals surface area contributed by atoms with Crippen LogP contribution in [-0.4, -0.2) is 15.3 Å². The zero-order valence-corrected chi connectivity index (χ0v) is 15.9. The minimum Gasteiger partial charge on any atom is -0.508 e. The quantitative estimate of drug-likeness (QED) is 0.395. The molecule has 0 saturated carbocycles. The van der Waals surface area contributed by atoms with E-state index in [1.54, 1.807) is 36.4 Å². The molecule has 0 atom stereocenters. The van der Waals surface area contributed by atoms with E-state index in [0.29, 0.717) is 0 Å². The Hall–Kier alpha value is -3.72. The van der Waals surface area contributed by atoms with Gasteiger partial charge in [-0.2, -0.15) is 0 Å². The molecule has 4 aromatic rings. The summed E-state index contributed by atoms with van der Waals surface area (Å²) in [7, 11) is 0. The van der Waals surface area contributed by atoms with Crippen molar-refractivity contribution >= 4 is 0 Å². The van der Waals surface area contributed by atoms with Gasteiger partial charge in [-0.25, -0.2) is 0 Å². The van der Waals surface area contributed by atoms with E-state index in [0.717, 1.165) is 34.2 Å². The van der Waals surface area contributed by atoms with Crippen LogP contribution in [0.4, 0.5) is 0 Å². The van der Waals surface area contributed by atoms with E-state index in [4.69, 9.17) is 0 Å². The van der Waals surface area contributed by atoms with E-state index in [1.165, 1.54) is 0 Å². The maximum atomic E-state index is 10.5. The second-order valence-electron chi connectivity index (χ2n) is 7.14. The Bertz CT molecular complexity index is 1050. The Labute approximate surface area is 170 Å². The number of aromatic hydroxyl groups is 3. The van der Waals surface area contributed by atoms with Gasteiger partial charge in [-0.3, -0.25) is 0 Å². The van der Waals surface area contributed by atoms with E-state index in [-0.39, 0.29) is 23.2 Å². The monoisotopic (exact) mass is 382 g/mol. The molecule has 4 aromatic carbocycles. The van der Waals surface area contributed by atoms with Gasteiger partial charge in [-0.05, 0) is 47.4 Å². The summed E-state index contributed by atoms with van der Waals surface area (Å²) >= 11 is 0. The van der Waals surface area contributed by atoms with Crippen LogP contribution in [0.15, 0.2) is 97.1 Å². The predicted molar refractivity (Wildman–Crippen MR) is 115 cm³/mol. The Kier molecular flexibility index (Phi) is 5.21. The summed E-state index contributed by atoms with van der Waals surface area (Å²) in [4.78, 5) is 0.